The number of carbonyl (C=O) groups excluding carboxylic acids is 2. The molecule has 0 fully saturated rings. The minimum Gasteiger partial charge on any atom is -0.481 e. The lowest BCUT2D eigenvalue weighted by Gasteiger charge is -2.36. The number of carboxylic acids is 1. The molecule has 0 aromatic heterocycles. The van der Waals surface area contributed by atoms with E-state index in [4.69, 9.17) is 0 Å². The highest BCUT2D eigenvalue weighted by Crippen LogP contribution is 2.46. The lowest BCUT2D eigenvalue weighted by Crippen LogP contribution is -2.39. The van der Waals surface area contributed by atoms with Gasteiger partial charge in [0.25, 0.3) is 0 Å². The number of benzene rings is 3. The van der Waals surface area contributed by atoms with Gasteiger partial charge in [-0.05, 0) is 53.8 Å². The van der Waals surface area contributed by atoms with Crippen LogP contribution in [0.2, 0.25) is 0 Å². The molecule has 0 spiro atoms. The lowest BCUT2D eigenvalue weighted by molar-refractivity contribution is -0.149. The van der Waals surface area contributed by atoms with Gasteiger partial charge in [-0.3, -0.25) is 9.59 Å². The molecule has 0 saturated carbocycles. The summed E-state index contributed by atoms with van der Waals surface area (Å²) in [5.41, 5.74) is 0.347. The molecule has 2 unspecified atom stereocenters. The first kappa shape index (κ1) is 24.0. The van der Waals surface area contributed by atoms with E-state index in [1.165, 1.54) is 19.1 Å². The van der Waals surface area contributed by atoms with Crippen LogP contribution < -0.4 is 10.6 Å². The summed E-state index contributed by atoms with van der Waals surface area (Å²) in [6.45, 7) is 3.29. The largest absolute Gasteiger partial charge is 0.481 e. The van der Waals surface area contributed by atoms with Crippen molar-refractivity contribution in [2.24, 2.45) is 5.41 Å². The van der Waals surface area contributed by atoms with E-state index in [2.05, 4.69) is 10.6 Å². The second-order valence-corrected chi connectivity index (χ2v) is 8.74. The number of halogens is 3. The molecule has 3 aromatic carbocycles. The highest BCUT2D eigenvalue weighted by atomic mass is 19.1. The number of amides is 2. The predicted octanol–water partition coefficient (Wildman–Crippen LogP) is 6.20. The summed E-state index contributed by atoms with van der Waals surface area (Å²) in [5.74, 6) is -4.32. The average molecular weight is 482 g/mol. The first-order chi connectivity index (χ1) is 16.5. The van der Waals surface area contributed by atoms with Crippen molar-refractivity contribution in [3.8, 4) is 11.1 Å². The van der Waals surface area contributed by atoms with E-state index in [1.807, 2.05) is 0 Å². The lowest BCUT2D eigenvalue weighted by atomic mass is 9.65. The number of hydrogen-bond donors (Lipinski definition) is 3. The quantitative estimate of drug-likeness (QED) is 0.413. The molecule has 35 heavy (non-hydrogen) atoms. The SMILES string of the molecule is CC1c2cc(-c3ccc(NC(=O)Nc4ccc(F)cc4F)c(F)c3)ccc2C(=O)CC1(C)C(=O)O. The van der Waals surface area contributed by atoms with Gasteiger partial charge in [-0.15, -0.1) is 0 Å². The van der Waals surface area contributed by atoms with E-state index < -0.39 is 40.8 Å². The van der Waals surface area contributed by atoms with Crippen molar-refractivity contribution in [1.29, 1.82) is 0 Å². The summed E-state index contributed by atoms with van der Waals surface area (Å²) in [5, 5.41) is 14.1. The summed E-state index contributed by atoms with van der Waals surface area (Å²) in [6.07, 6.45) is -0.102. The average Bonchev–Trinajstić information content (AvgIpc) is 2.80. The summed E-state index contributed by atoms with van der Waals surface area (Å²) < 4.78 is 41.5. The van der Waals surface area contributed by atoms with Gasteiger partial charge in [0.15, 0.2) is 5.78 Å². The number of carboxylic acid groups (broad SMARTS) is 1. The van der Waals surface area contributed by atoms with Crippen molar-refractivity contribution in [2.75, 3.05) is 10.6 Å². The predicted molar refractivity (Wildman–Crippen MR) is 124 cm³/mol. The van der Waals surface area contributed by atoms with Crippen LogP contribution in [0.1, 0.15) is 42.1 Å². The van der Waals surface area contributed by atoms with Gasteiger partial charge in [0, 0.05) is 18.1 Å². The third kappa shape index (κ3) is 4.49. The van der Waals surface area contributed by atoms with E-state index in [1.54, 1.807) is 31.2 Å². The third-order valence-electron chi connectivity index (χ3n) is 6.52. The third-order valence-corrected chi connectivity index (χ3v) is 6.52. The van der Waals surface area contributed by atoms with Gasteiger partial charge in [0.2, 0.25) is 0 Å². The molecule has 0 radical (unpaired) electrons. The number of rotatable bonds is 4. The molecule has 0 heterocycles. The number of nitrogens with one attached hydrogen (secondary N) is 2. The van der Waals surface area contributed by atoms with Crippen molar-refractivity contribution in [3.63, 3.8) is 0 Å². The zero-order valence-corrected chi connectivity index (χ0v) is 18.8. The first-order valence-corrected chi connectivity index (χ1v) is 10.7. The van der Waals surface area contributed by atoms with Crippen LogP contribution in [-0.2, 0) is 4.79 Å². The summed E-state index contributed by atoms with van der Waals surface area (Å²) in [4.78, 5) is 36.5. The number of carbonyl (C=O) groups is 3. The topological polar surface area (TPSA) is 95.5 Å². The molecule has 3 aromatic rings. The normalized spacial score (nSPS) is 19.1. The van der Waals surface area contributed by atoms with Crippen molar-refractivity contribution in [2.45, 2.75) is 26.2 Å². The van der Waals surface area contributed by atoms with E-state index in [0.717, 1.165) is 12.1 Å². The summed E-state index contributed by atoms with van der Waals surface area (Å²) in [6, 6.07) is 10.7. The van der Waals surface area contributed by atoms with Crippen molar-refractivity contribution >= 4 is 29.2 Å². The Balaban J connectivity index is 1.57. The number of ketones is 1. The van der Waals surface area contributed by atoms with Crippen LogP contribution in [0.4, 0.5) is 29.3 Å². The molecule has 180 valence electrons. The van der Waals surface area contributed by atoms with Crippen LogP contribution in [-0.4, -0.2) is 22.9 Å². The number of Topliss-reactive ketones (excluding diaryl/α,β-unsaturated/α-hetero) is 1. The zero-order valence-electron chi connectivity index (χ0n) is 18.8. The highest BCUT2D eigenvalue weighted by Gasteiger charge is 2.46. The molecule has 3 N–H and O–H groups in total. The second-order valence-electron chi connectivity index (χ2n) is 8.74. The van der Waals surface area contributed by atoms with Crippen LogP contribution in [0.3, 0.4) is 0 Å². The van der Waals surface area contributed by atoms with Gasteiger partial charge in [-0.2, -0.15) is 0 Å². The van der Waals surface area contributed by atoms with Crippen molar-refractivity contribution < 1.29 is 32.7 Å². The second kappa shape index (κ2) is 8.90. The Hall–Kier alpha value is -4.14. The van der Waals surface area contributed by atoms with Crippen LogP contribution in [0.15, 0.2) is 54.6 Å². The fourth-order valence-electron chi connectivity index (χ4n) is 4.20. The highest BCUT2D eigenvalue weighted by molar-refractivity contribution is 6.03. The zero-order chi connectivity index (χ0) is 25.5. The Kier molecular flexibility index (Phi) is 6.10. The van der Waals surface area contributed by atoms with Crippen molar-refractivity contribution in [1.82, 2.24) is 0 Å². The smallest absolute Gasteiger partial charge is 0.323 e. The first-order valence-electron chi connectivity index (χ1n) is 10.7. The summed E-state index contributed by atoms with van der Waals surface area (Å²) >= 11 is 0. The molecule has 1 aliphatic carbocycles. The van der Waals surface area contributed by atoms with Gasteiger partial charge in [0.1, 0.15) is 17.5 Å². The summed E-state index contributed by atoms with van der Waals surface area (Å²) in [7, 11) is 0. The Morgan fingerprint density at radius 3 is 2.09 bits per heavy atom. The van der Waals surface area contributed by atoms with Crippen LogP contribution in [0.25, 0.3) is 11.1 Å². The van der Waals surface area contributed by atoms with Crippen LogP contribution >= 0.6 is 0 Å². The standard InChI is InChI=1S/C26H21F3N2O4/c1-13-18-9-14(3-6-17(18)23(32)12-26(13,2)24(33)34)15-4-7-21(19(28)10-15)30-25(35)31-22-8-5-16(27)11-20(22)29/h3-11,13H,12H2,1-2H3,(H,33,34)(H2,30,31,35). The maximum Gasteiger partial charge on any atom is 0.323 e. The molecule has 1 aliphatic rings. The number of hydrogen-bond acceptors (Lipinski definition) is 3. The minimum absolute atomic E-state index is 0.102. The minimum atomic E-state index is -1.25. The van der Waals surface area contributed by atoms with Gasteiger partial charge in [0.05, 0.1) is 16.8 Å². The van der Waals surface area contributed by atoms with Gasteiger partial charge < -0.3 is 15.7 Å². The number of aliphatic carboxylic acids is 1. The molecule has 6 nitrogen and oxygen atoms in total. The van der Waals surface area contributed by atoms with Crippen LogP contribution in [0, 0.1) is 22.9 Å². The molecular formula is C26H21F3N2O4. The van der Waals surface area contributed by atoms with E-state index >= 15 is 0 Å². The fourth-order valence-corrected chi connectivity index (χ4v) is 4.20. The van der Waals surface area contributed by atoms with Crippen molar-refractivity contribution in [3.05, 3.63) is 83.2 Å². The van der Waals surface area contributed by atoms with Gasteiger partial charge in [-0.25, -0.2) is 18.0 Å². The molecule has 0 aliphatic heterocycles. The Morgan fingerprint density at radius 2 is 1.49 bits per heavy atom. The van der Waals surface area contributed by atoms with Gasteiger partial charge >= 0.3 is 12.0 Å². The number of anilines is 2. The number of urea groups is 1. The van der Waals surface area contributed by atoms with Gasteiger partial charge in [-0.1, -0.05) is 31.2 Å². The maximum absolute atomic E-state index is 14.8. The van der Waals surface area contributed by atoms with E-state index in [9.17, 15) is 32.7 Å². The van der Waals surface area contributed by atoms with E-state index in [0.29, 0.717) is 28.3 Å². The Bertz CT molecular complexity index is 1370. The molecule has 2 amide bonds. The maximum atomic E-state index is 14.8. The monoisotopic (exact) mass is 482 g/mol. The molecule has 2 atom stereocenters. The Morgan fingerprint density at radius 1 is 0.914 bits per heavy atom. The molecule has 0 saturated heterocycles. The van der Waals surface area contributed by atoms with Crippen LogP contribution in [0.5, 0.6) is 0 Å². The fraction of sp³-hybridized carbons (Fsp3) is 0.192. The molecule has 9 heteroatoms. The van der Waals surface area contributed by atoms with E-state index in [-0.39, 0.29) is 23.6 Å². The molecule has 4 rings (SSSR count). The molecular weight excluding hydrogens is 461 g/mol. The Labute approximate surface area is 198 Å². The number of fused-ring (bicyclic) bond motifs is 1. The molecule has 0 bridgehead atoms.